The van der Waals surface area contributed by atoms with Crippen molar-refractivity contribution in [1.29, 1.82) is 0 Å². The van der Waals surface area contributed by atoms with E-state index in [9.17, 15) is 14.4 Å². The molecule has 0 saturated carbocycles. The molecular weight excluding hydrogens is 485 g/mol. The van der Waals surface area contributed by atoms with Crippen molar-refractivity contribution in [3.63, 3.8) is 0 Å². The van der Waals surface area contributed by atoms with Crippen LogP contribution in [0.4, 0.5) is 0 Å². The largest absolute Gasteiger partial charge is 0.430 e. The van der Waals surface area contributed by atoms with Gasteiger partial charge in [-0.2, -0.15) is 4.98 Å². The van der Waals surface area contributed by atoms with Gasteiger partial charge in [0.1, 0.15) is 5.76 Å². The lowest BCUT2D eigenvalue weighted by Gasteiger charge is -2.33. The first-order valence-corrected chi connectivity index (χ1v) is 13.7. The van der Waals surface area contributed by atoms with Crippen molar-refractivity contribution in [3.05, 3.63) is 76.7 Å². The molecule has 4 rings (SSSR count). The molecule has 1 fully saturated rings. The van der Waals surface area contributed by atoms with Gasteiger partial charge in [0.2, 0.25) is 0 Å². The Labute approximate surface area is 210 Å². The summed E-state index contributed by atoms with van der Waals surface area (Å²) < 4.78 is 18.0. The summed E-state index contributed by atoms with van der Waals surface area (Å²) in [6, 6.07) is 3.97. The minimum absolute atomic E-state index is 0.0696. The quantitative estimate of drug-likeness (QED) is 0.294. The first-order valence-electron chi connectivity index (χ1n) is 11.7. The van der Waals surface area contributed by atoms with Crippen LogP contribution >= 0.6 is 19.2 Å². The molecule has 0 amide bonds. The smallest absolute Gasteiger partial charge is 0.335 e. The van der Waals surface area contributed by atoms with Gasteiger partial charge in [0.25, 0.3) is 6.01 Å². The number of nitrogens with one attached hydrogen (secondary N) is 1. The molecule has 2 aromatic rings. The van der Waals surface area contributed by atoms with E-state index in [1.54, 1.807) is 26.0 Å². The maximum absolute atomic E-state index is 12.1. The predicted molar refractivity (Wildman–Crippen MR) is 141 cm³/mol. The summed E-state index contributed by atoms with van der Waals surface area (Å²) in [6.07, 6.45) is 16.1. The van der Waals surface area contributed by atoms with Gasteiger partial charge in [0.15, 0.2) is 0 Å². The second-order valence-electron chi connectivity index (χ2n) is 9.18. The summed E-state index contributed by atoms with van der Waals surface area (Å²) in [7, 11) is -4.39. The maximum atomic E-state index is 12.1. The molecule has 1 aromatic heterocycles. The van der Waals surface area contributed by atoms with Gasteiger partial charge in [-0.25, -0.2) is 0 Å². The number of allylic oxidation sites excluding steroid dienone is 9. The van der Waals surface area contributed by atoms with Gasteiger partial charge in [0, 0.05) is 25.1 Å². The molecule has 1 aliphatic carbocycles. The van der Waals surface area contributed by atoms with Gasteiger partial charge >= 0.3 is 7.60 Å². The third-order valence-electron chi connectivity index (χ3n) is 6.68. The fraction of sp³-hybridized carbons (Fsp3) is 0.346. The Bertz CT molecular complexity index is 1310. The standard InChI is InChI=1S/C26H31ClN3O4P/c1-4-8-19(9-7-14-30-12-5-6-13-30)21-15-23-24(16-22(21)27)29-25(28-23)34-20-11-10-18(2)26(3,17-20)35(31,32)33/h4,7-11,14-16H,5-6,12-13,17H2,1-3H3,(H,28,29)(H2,31,32,33)/b8-4?,14-7?,19-9+. The average Bonchev–Trinajstić information content (AvgIpc) is 3.44. The van der Waals surface area contributed by atoms with Crippen LogP contribution in [-0.4, -0.2) is 42.9 Å². The Morgan fingerprint density at radius 2 is 2.03 bits per heavy atom. The lowest BCUT2D eigenvalue weighted by molar-refractivity contribution is 0.314. The number of aromatic nitrogens is 2. The van der Waals surface area contributed by atoms with E-state index >= 15 is 0 Å². The summed E-state index contributed by atoms with van der Waals surface area (Å²) >= 11 is 6.64. The Morgan fingerprint density at radius 3 is 2.71 bits per heavy atom. The van der Waals surface area contributed by atoms with Crippen LogP contribution in [0.25, 0.3) is 16.6 Å². The highest BCUT2D eigenvalue weighted by Crippen LogP contribution is 2.58. The molecule has 9 heteroatoms. The number of hydrogen-bond acceptors (Lipinski definition) is 4. The maximum Gasteiger partial charge on any atom is 0.335 e. The van der Waals surface area contributed by atoms with Crippen LogP contribution in [0.5, 0.6) is 6.01 Å². The zero-order chi connectivity index (χ0) is 25.2. The van der Waals surface area contributed by atoms with Gasteiger partial charge in [0.05, 0.1) is 21.2 Å². The minimum Gasteiger partial charge on any atom is -0.430 e. The molecule has 1 atom stereocenters. The van der Waals surface area contributed by atoms with Crippen LogP contribution < -0.4 is 4.74 Å². The number of rotatable bonds is 7. The fourth-order valence-electron chi connectivity index (χ4n) is 4.31. The molecule has 1 aliphatic heterocycles. The molecule has 2 heterocycles. The summed E-state index contributed by atoms with van der Waals surface area (Å²) in [6.45, 7) is 7.40. The Kier molecular flexibility index (Phi) is 7.43. The molecule has 0 bridgehead atoms. The normalized spacial score (nSPS) is 21.9. The molecule has 2 aliphatic rings. The molecule has 0 spiro atoms. The van der Waals surface area contributed by atoms with Gasteiger partial charge in [-0.15, -0.1) is 0 Å². The molecule has 1 unspecified atom stereocenters. The predicted octanol–water partition coefficient (Wildman–Crippen LogP) is 6.33. The second kappa shape index (κ2) is 10.2. The number of likely N-dealkylation sites (tertiary alicyclic amines) is 1. The van der Waals surface area contributed by atoms with Crippen LogP contribution in [0, 0.1) is 0 Å². The van der Waals surface area contributed by atoms with Crippen molar-refractivity contribution in [1.82, 2.24) is 14.9 Å². The fourth-order valence-corrected chi connectivity index (χ4v) is 5.48. The topological polar surface area (TPSA) is 98.7 Å². The van der Waals surface area contributed by atoms with Crippen molar-refractivity contribution in [2.75, 3.05) is 13.1 Å². The number of ether oxygens (including phenoxy) is 1. The SMILES string of the molecule is CC=C/C(=C\C=CN1CCCC1)c1cc2nc(OC3=CC=C(C)C(C)(P(=O)(O)O)C3)[nH]c2cc1Cl. The van der Waals surface area contributed by atoms with Crippen molar-refractivity contribution < 1.29 is 19.1 Å². The van der Waals surface area contributed by atoms with Gasteiger partial charge in [-0.1, -0.05) is 41.5 Å². The third-order valence-corrected chi connectivity index (χ3v) is 8.79. The number of fused-ring (bicyclic) bond motifs is 1. The second-order valence-corrected chi connectivity index (χ2v) is 11.7. The van der Waals surface area contributed by atoms with E-state index in [0.717, 1.165) is 24.2 Å². The zero-order valence-electron chi connectivity index (χ0n) is 20.2. The molecule has 35 heavy (non-hydrogen) atoms. The van der Waals surface area contributed by atoms with E-state index < -0.39 is 12.8 Å². The van der Waals surface area contributed by atoms with Crippen LogP contribution in [0.1, 0.15) is 45.6 Å². The number of hydrogen-bond donors (Lipinski definition) is 3. The average molecular weight is 516 g/mol. The number of benzene rings is 1. The van der Waals surface area contributed by atoms with Crippen molar-refractivity contribution >= 4 is 35.8 Å². The molecular formula is C26H31ClN3O4P. The van der Waals surface area contributed by atoms with Gasteiger partial charge in [-0.3, -0.25) is 4.57 Å². The zero-order valence-corrected chi connectivity index (χ0v) is 21.8. The van der Waals surface area contributed by atoms with E-state index in [2.05, 4.69) is 21.1 Å². The minimum atomic E-state index is -4.39. The molecule has 7 nitrogen and oxygen atoms in total. The Morgan fingerprint density at radius 1 is 1.29 bits per heavy atom. The lowest BCUT2D eigenvalue weighted by Crippen LogP contribution is -2.30. The monoisotopic (exact) mass is 515 g/mol. The first-order chi connectivity index (χ1) is 16.6. The number of H-pyrrole nitrogens is 1. The number of aromatic amines is 1. The highest BCUT2D eigenvalue weighted by molar-refractivity contribution is 7.53. The summed E-state index contributed by atoms with van der Waals surface area (Å²) in [5.41, 5.74) is 3.82. The Balaban J connectivity index is 1.60. The molecule has 3 N–H and O–H groups in total. The van der Waals surface area contributed by atoms with E-state index in [1.165, 1.54) is 12.8 Å². The van der Waals surface area contributed by atoms with E-state index in [4.69, 9.17) is 16.3 Å². The van der Waals surface area contributed by atoms with E-state index in [0.29, 0.717) is 27.4 Å². The summed E-state index contributed by atoms with van der Waals surface area (Å²) in [5.74, 6) is 0.424. The van der Waals surface area contributed by atoms with Crippen molar-refractivity contribution in [2.45, 2.75) is 45.2 Å². The number of imidazole rings is 1. The number of halogens is 1. The van der Waals surface area contributed by atoms with Crippen LogP contribution in [0.2, 0.25) is 5.02 Å². The van der Waals surface area contributed by atoms with Crippen LogP contribution in [0.15, 0.2) is 66.1 Å². The number of nitrogens with zero attached hydrogens (tertiary/aromatic N) is 2. The van der Waals surface area contributed by atoms with Crippen LogP contribution in [0.3, 0.4) is 0 Å². The highest BCUT2D eigenvalue weighted by Gasteiger charge is 2.46. The molecule has 186 valence electrons. The van der Waals surface area contributed by atoms with Crippen molar-refractivity contribution in [3.8, 4) is 6.01 Å². The molecule has 1 saturated heterocycles. The van der Waals surface area contributed by atoms with Gasteiger partial charge < -0.3 is 24.4 Å². The summed E-state index contributed by atoms with van der Waals surface area (Å²) in [4.78, 5) is 29.7. The Hall–Kier alpha value is -2.57. The highest BCUT2D eigenvalue weighted by atomic mass is 35.5. The first kappa shape index (κ1) is 25.5. The van der Waals surface area contributed by atoms with E-state index in [1.807, 2.05) is 43.4 Å². The molecule has 1 aromatic carbocycles. The third kappa shape index (κ3) is 5.49. The van der Waals surface area contributed by atoms with E-state index in [-0.39, 0.29) is 12.4 Å². The van der Waals surface area contributed by atoms with Crippen molar-refractivity contribution in [2.24, 2.45) is 0 Å². The summed E-state index contributed by atoms with van der Waals surface area (Å²) in [5, 5.41) is -0.731. The van der Waals surface area contributed by atoms with Crippen LogP contribution in [-0.2, 0) is 4.57 Å². The molecule has 0 radical (unpaired) electrons. The van der Waals surface area contributed by atoms with Gasteiger partial charge in [-0.05, 0) is 69.7 Å². The lowest BCUT2D eigenvalue weighted by atomic mass is 9.92.